The molecule has 0 saturated carbocycles. The average Bonchev–Trinajstić information content (AvgIpc) is 2.91. The molecule has 0 aliphatic heterocycles. The number of thiophene rings is 1. The van der Waals surface area contributed by atoms with Gasteiger partial charge < -0.3 is 10.3 Å². The van der Waals surface area contributed by atoms with Crippen LogP contribution in [-0.2, 0) is 17.8 Å². The zero-order chi connectivity index (χ0) is 14.7. The Bertz CT molecular complexity index is 826. The largest absolute Gasteiger partial charge is 0.351 e. The van der Waals surface area contributed by atoms with Crippen molar-refractivity contribution in [2.75, 3.05) is 0 Å². The molecule has 0 spiro atoms. The van der Waals surface area contributed by atoms with Crippen LogP contribution < -0.4 is 10.9 Å². The molecule has 0 radical (unpaired) electrons. The van der Waals surface area contributed by atoms with Gasteiger partial charge in [-0.25, -0.2) is 4.98 Å². The highest BCUT2D eigenvalue weighted by molar-refractivity contribution is 7.18. The molecule has 0 aliphatic rings. The molecule has 3 aromatic rings. The first-order chi connectivity index (χ1) is 10.2. The van der Waals surface area contributed by atoms with Crippen molar-refractivity contribution in [2.24, 2.45) is 0 Å². The highest BCUT2D eigenvalue weighted by atomic mass is 32.1. The van der Waals surface area contributed by atoms with Crippen molar-refractivity contribution in [2.45, 2.75) is 13.0 Å². The lowest BCUT2D eigenvalue weighted by atomic mass is 10.2. The highest BCUT2D eigenvalue weighted by Crippen LogP contribution is 2.20. The summed E-state index contributed by atoms with van der Waals surface area (Å²) >= 11 is 1.40. The van der Waals surface area contributed by atoms with E-state index in [0.29, 0.717) is 23.2 Å². The summed E-state index contributed by atoms with van der Waals surface area (Å²) in [6.07, 6.45) is 5.01. The van der Waals surface area contributed by atoms with Gasteiger partial charge in [0.1, 0.15) is 4.83 Å². The number of aromatic nitrogens is 3. The number of rotatable bonds is 4. The van der Waals surface area contributed by atoms with Crippen LogP contribution in [0.5, 0.6) is 0 Å². The zero-order valence-electron chi connectivity index (χ0n) is 11.0. The Labute approximate surface area is 123 Å². The Morgan fingerprint density at radius 1 is 1.33 bits per heavy atom. The van der Waals surface area contributed by atoms with Gasteiger partial charge >= 0.3 is 0 Å². The molecule has 0 bridgehead atoms. The van der Waals surface area contributed by atoms with E-state index in [2.05, 4.69) is 20.3 Å². The molecule has 3 aromatic heterocycles. The summed E-state index contributed by atoms with van der Waals surface area (Å²) in [4.78, 5) is 35.6. The molecule has 0 unspecified atom stereocenters. The van der Waals surface area contributed by atoms with Crippen LogP contribution in [0.4, 0.5) is 0 Å². The van der Waals surface area contributed by atoms with Crippen molar-refractivity contribution < 1.29 is 4.79 Å². The Balaban J connectivity index is 1.65. The molecular weight excluding hydrogens is 288 g/mol. The average molecular weight is 300 g/mol. The van der Waals surface area contributed by atoms with Gasteiger partial charge in [0, 0.05) is 17.3 Å². The van der Waals surface area contributed by atoms with Crippen LogP contribution in [0.3, 0.4) is 0 Å². The van der Waals surface area contributed by atoms with Gasteiger partial charge in [-0.3, -0.25) is 14.6 Å². The highest BCUT2D eigenvalue weighted by Gasteiger charge is 2.08. The van der Waals surface area contributed by atoms with Crippen molar-refractivity contribution in [3.63, 3.8) is 0 Å². The van der Waals surface area contributed by atoms with Crippen molar-refractivity contribution in [1.29, 1.82) is 0 Å². The van der Waals surface area contributed by atoms with Crippen LogP contribution in [0.15, 0.2) is 41.7 Å². The summed E-state index contributed by atoms with van der Waals surface area (Å²) in [5.74, 6) is -0.0690. The summed E-state index contributed by atoms with van der Waals surface area (Å²) in [6.45, 7) is 0.393. The van der Waals surface area contributed by atoms with Crippen LogP contribution in [0.1, 0.15) is 10.4 Å². The predicted octanol–water partition coefficient (Wildman–Crippen LogP) is 1.24. The molecule has 0 atom stereocenters. The SMILES string of the molecule is O=C(Cc1ccncc1)NCc1cc2c(=O)[nH]cnc2s1. The molecule has 7 heteroatoms. The quantitative estimate of drug-likeness (QED) is 0.759. The number of carbonyl (C=O) groups is 1. The fraction of sp³-hybridized carbons (Fsp3) is 0.143. The molecule has 0 aromatic carbocycles. The molecule has 106 valence electrons. The molecule has 0 fully saturated rings. The van der Waals surface area contributed by atoms with Gasteiger partial charge in [-0.2, -0.15) is 0 Å². The third-order valence-electron chi connectivity index (χ3n) is 2.96. The van der Waals surface area contributed by atoms with E-state index in [-0.39, 0.29) is 11.5 Å². The lowest BCUT2D eigenvalue weighted by Crippen LogP contribution is -2.24. The predicted molar refractivity (Wildman–Crippen MR) is 80.0 cm³/mol. The smallest absolute Gasteiger partial charge is 0.259 e. The molecule has 0 aliphatic carbocycles. The maximum absolute atomic E-state index is 11.9. The number of carbonyl (C=O) groups excluding carboxylic acids is 1. The monoisotopic (exact) mass is 300 g/mol. The lowest BCUT2D eigenvalue weighted by molar-refractivity contribution is -0.120. The van der Waals surface area contributed by atoms with Crippen molar-refractivity contribution in [3.8, 4) is 0 Å². The number of hydrogen-bond donors (Lipinski definition) is 2. The molecule has 2 N–H and O–H groups in total. The maximum Gasteiger partial charge on any atom is 0.259 e. The number of H-pyrrole nitrogens is 1. The second-order valence-corrected chi connectivity index (χ2v) is 5.59. The van der Waals surface area contributed by atoms with E-state index in [4.69, 9.17) is 0 Å². The minimum absolute atomic E-state index is 0.0690. The number of nitrogens with zero attached hydrogens (tertiary/aromatic N) is 2. The van der Waals surface area contributed by atoms with Gasteiger partial charge in [0.2, 0.25) is 5.91 Å². The fourth-order valence-electron chi connectivity index (χ4n) is 1.94. The Morgan fingerprint density at radius 3 is 2.90 bits per heavy atom. The van der Waals surface area contributed by atoms with Gasteiger partial charge in [-0.05, 0) is 23.8 Å². The first kappa shape index (κ1) is 13.4. The van der Waals surface area contributed by atoms with Crippen LogP contribution in [-0.4, -0.2) is 20.9 Å². The van der Waals surface area contributed by atoms with Gasteiger partial charge in [0.15, 0.2) is 0 Å². The summed E-state index contributed by atoms with van der Waals surface area (Å²) < 4.78 is 0. The second-order valence-electron chi connectivity index (χ2n) is 4.47. The number of fused-ring (bicyclic) bond motifs is 1. The molecule has 3 rings (SSSR count). The molecule has 3 heterocycles. The van der Waals surface area contributed by atoms with Crippen molar-refractivity contribution >= 4 is 27.5 Å². The van der Waals surface area contributed by atoms with E-state index >= 15 is 0 Å². The van der Waals surface area contributed by atoms with Gasteiger partial charge in [0.25, 0.3) is 5.56 Å². The number of hydrogen-bond acceptors (Lipinski definition) is 5. The van der Waals surface area contributed by atoms with Crippen LogP contribution >= 0.6 is 11.3 Å². The Hall–Kier alpha value is -2.54. The van der Waals surface area contributed by atoms with Crippen molar-refractivity contribution in [3.05, 3.63) is 57.7 Å². The number of pyridine rings is 1. The topological polar surface area (TPSA) is 87.7 Å². The molecule has 0 saturated heterocycles. The third kappa shape index (κ3) is 3.14. The Kier molecular flexibility index (Phi) is 3.74. The van der Waals surface area contributed by atoms with Gasteiger partial charge in [-0.15, -0.1) is 11.3 Å². The number of aromatic amines is 1. The fourth-order valence-corrected chi connectivity index (χ4v) is 2.87. The summed E-state index contributed by atoms with van der Waals surface area (Å²) in [5.41, 5.74) is 0.752. The van der Waals surface area contributed by atoms with E-state index in [1.807, 2.05) is 12.1 Å². The number of nitrogens with one attached hydrogen (secondary N) is 2. The minimum atomic E-state index is -0.161. The zero-order valence-corrected chi connectivity index (χ0v) is 11.8. The second kappa shape index (κ2) is 5.84. The first-order valence-electron chi connectivity index (χ1n) is 6.34. The van der Waals surface area contributed by atoms with E-state index in [9.17, 15) is 9.59 Å². The van der Waals surface area contributed by atoms with Crippen LogP contribution in [0, 0.1) is 0 Å². The summed E-state index contributed by atoms with van der Waals surface area (Å²) in [7, 11) is 0. The van der Waals surface area contributed by atoms with E-state index in [1.165, 1.54) is 17.7 Å². The lowest BCUT2D eigenvalue weighted by Gasteiger charge is -2.03. The van der Waals surface area contributed by atoms with E-state index in [0.717, 1.165) is 10.4 Å². The molecule has 6 nitrogen and oxygen atoms in total. The maximum atomic E-state index is 11.9. The van der Waals surface area contributed by atoms with Crippen LogP contribution in [0.25, 0.3) is 10.2 Å². The standard InChI is InChI=1S/C14H12N4O2S/c19-12(5-9-1-3-15-4-2-9)16-7-10-6-11-13(20)17-8-18-14(11)21-10/h1-4,6,8H,5,7H2,(H,16,19)(H,17,18,20). The van der Waals surface area contributed by atoms with Crippen LogP contribution in [0.2, 0.25) is 0 Å². The summed E-state index contributed by atoms with van der Waals surface area (Å²) in [5, 5.41) is 3.40. The minimum Gasteiger partial charge on any atom is -0.351 e. The molecule has 1 amide bonds. The van der Waals surface area contributed by atoms with Gasteiger partial charge in [-0.1, -0.05) is 0 Å². The van der Waals surface area contributed by atoms with Gasteiger partial charge in [0.05, 0.1) is 24.7 Å². The van der Waals surface area contributed by atoms with E-state index < -0.39 is 0 Å². The molecule has 21 heavy (non-hydrogen) atoms. The molecular formula is C14H12N4O2S. The summed E-state index contributed by atoms with van der Waals surface area (Å²) in [6, 6.07) is 5.38. The first-order valence-corrected chi connectivity index (χ1v) is 7.16. The normalized spacial score (nSPS) is 10.7. The van der Waals surface area contributed by atoms with E-state index in [1.54, 1.807) is 18.5 Å². The van der Waals surface area contributed by atoms with Crippen molar-refractivity contribution in [1.82, 2.24) is 20.3 Å². The number of amides is 1. The Morgan fingerprint density at radius 2 is 2.14 bits per heavy atom. The third-order valence-corrected chi connectivity index (χ3v) is 4.00.